The van der Waals surface area contributed by atoms with Crippen LogP contribution in [0.3, 0.4) is 0 Å². The van der Waals surface area contributed by atoms with Crippen LogP contribution in [0.25, 0.3) is 33.1 Å². The van der Waals surface area contributed by atoms with Crippen LogP contribution in [0.5, 0.6) is 5.75 Å². The van der Waals surface area contributed by atoms with Crippen molar-refractivity contribution in [2.75, 3.05) is 7.11 Å². The predicted octanol–water partition coefficient (Wildman–Crippen LogP) is 6.67. The topological polar surface area (TPSA) is 37.9 Å². The number of pyridine rings is 1. The quantitative estimate of drug-likeness (QED) is 0.439. The second-order valence-corrected chi connectivity index (χ2v) is 6.68. The summed E-state index contributed by atoms with van der Waals surface area (Å²) in [4.78, 5) is 7.95. The molecule has 0 spiro atoms. The van der Waals surface area contributed by atoms with Gasteiger partial charge in [0.2, 0.25) is 0 Å². The van der Waals surface area contributed by atoms with Crippen LogP contribution in [0.4, 0.5) is 0 Å². The maximum atomic E-state index is 5.54. The van der Waals surface area contributed by atoms with Crippen molar-refractivity contribution in [3.05, 3.63) is 59.8 Å². The van der Waals surface area contributed by atoms with Gasteiger partial charge in [0, 0.05) is 18.4 Å². The molecule has 0 aliphatic rings. The summed E-state index contributed by atoms with van der Waals surface area (Å²) in [5.74, 6) is 0.840. The first kappa shape index (κ1) is 18.0. The second kappa shape index (κ2) is 7.61. The van der Waals surface area contributed by atoms with E-state index in [0.717, 1.165) is 27.9 Å². The van der Waals surface area contributed by atoms with E-state index >= 15 is 0 Å². The average molecular weight is 348 g/mol. The third-order valence-corrected chi connectivity index (χ3v) is 4.25. The Morgan fingerprint density at radius 3 is 2.50 bits per heavy atom. The summed E-state index contributed by atoms with van der Waals surface area (Å²) >= 11 is 0. The van der Waals surface area contributed by atoms with Gasteiger partial charge in [-0.15, -0.1) is 0 Å². The van der Waals surface area contributed by atoms with Gasteiger partial charge in [-0.05, 0) is 48.7 Å². The Labute approximate surface area is 156 Å². The van der Waals surface area contributed by atoms with Gasteiger partial charge in [0.05, 0.1) is 12.6 Å². The maximum Gasteiger partial charge on any atom is 0.143 e. The molecular formula is C23H28N2O. The average Bonchev–Trinajstić information content (AvgIpc) is 3.00. The minimum atomic E-state index is 0. The van der Waals surface area contributed by atoms with Gasteiger partial charge in [0.25, 0.3) is 0 Å². The highest BCUT2D eigenvalue weighted by Gasteiger charge is 2.15. The van der Waals surface area contributed by atoms with E-state index in [2.05, 4.69) is 74.1 Å². The number of ether oxygens (including phenoxy) is 1. The maximum absolute atomic E-state index is 5.54. The second-order valence-electron chi connectivity index (χ2n) is 6.68. The number of nitrogens with one attached hydrogen (secondary N) is 1. The van der Waals surface area contributed by atoms with Gasteiger partial charge < -0.3 is 9.72 Å². The van der Waals surface area contributed by atoms with Crippen LogP contribution in [0.1, 0.15) is 32.8 Å². The first-order valence-electron chi connectivity index (χ1n) is 9.11. The Hall–Kier alpha value is -2.81. The number of aromatic amines is 1. The summed E-state index contributed by atoms with van der Waals surface area (Å²) in [7, 11) is 1.70. The highest BCUT2D eigenvalue weighted by atomic mass is 16.5. The lowest BCUT2D eigenvalue weighted by atomic mass is 9.98. The Morgan fingerprint density at radius 1 is 1.04 bits per heavy atom. The number of aryl methyl sites for hydroxylation is 2. The fourth-order valence-corrected chi connectivity index (χ4v) is 3.19. The summed E-state index contributed by atoms with van der Waals surface area (Å²) in [6.07, 6.45) is 3.14. The van der Waals surface area contributed by atoms with Gasteiger partial charge in [-0.2, -0.15) is 0 Å². The molecule has 0 amide bonds. The molecule has 3 heteroatoms. The molecule has 0 saturated heterocycles. The number of fused-ring (bicyclic) bond motifs is 3. The normalized spacial score (nSPS) is 10.7. The first-order chi connectivity index (χ1) is 12.6. The number of benzene rings is 2. The van der Waals surface area contributed by atoms with Gasteiger partial charge >= 0.3 is 0 Å². The van der Waals surface area contributed by atoms with E-state index in [9.17, 15) is 0 Å². The van der Waals surface area contributed by atoms with Crippen molar-refractivity contribution in [2.45, 2.75) is 34.1 Å². The number of H-pyrrole nitrogens is 1. The van der Waals surface area contributed by atoms with E-state index in [1.807, 2.05) is 12.3 Å². The van der Waals surface area contributed by atoms with E-state index in [1.165, 1.54) is 28.5 Å². The van der Waals surface area contributed by atoms with Crippen molar-refractivity contribution >= 4 is 21.9 Å². The Morgan fingerprint density at radius 2 is 1.81 bits per heavy atom. The van der Waals surface area contributed by atoms with Crippen LogP contribution >= 0.6 is 0 Å². The van der Waals surface area contributed by atoms with Crippen molar-refractivity contribution in [1.82, 2.24) is 9.97 Å². The molecule has 2 aromatic carbocycles. The number of nitrogens with zero attached hydrogens (tertiary/aromatic N) is 1. The van der Waals surface area contributed by atoms with E-state index in [-0.39, 0.29) is 1.43 Å². The third kappa shape index (κ3) is 3.30. The van der Waals surface area contributed by atoms with Gasteiger partial charge in [0.1, 0.15) is 11.4 Å². The summed E-state index contributed by atoms with van der Waals surface area (Å²) in [5.41, 5.74) is 6.70. The largest absolute Gasteiger partial charge is 0.495 e. The molecule has 0 radical (unpaired) electrons. The molecule has 0 bridgehead atoms. The number of hydrogen-bond acceptors (Lipinski definition) is 2. The van der Waals surface area contributed by atoms with Gasteiger partial charge in [-0.1, -0.05) is 50.1 Å². The fraction of sp³-hybridized carbons (Fsp3) is 0.261. The molecule has 1 N–H and O–H groups in total. The summed E-state index contributed by atoms with van der Waals surface area (Å²) in [5, 5.41) is 2.30. The highest BCUT2D eigenvalue weighted by molar-refractivity contribution is 6.15. The predicted molar refractivity (Wildman–Crippen MR) is 113 cm³/mol. The summed E-state index contributed by atoms with van der Waals surface area (Å²) in [6.45, 7) is 8.43. The van der Waals surface area contributed by atoms with E-state index < -0.39 is 0 Å². The molecular weight excluding hydrogens is 320 g/mol. The first-order valence-corrected chi connectivity index (χ1v) is 9.11. The van der Waals surface area contributed by atoms with Gasteiger partial charge in [-0.3, -0.25) is 0 Å². The van der Waals surface area contributed by atoms with Gasteiger partial charge in [0.15, 0.2) is 0 Å². The summed E-state index contributed by atoms with van der Waals surface area (Å²) in [6, 6.07) is 14.9. The lowest BCUT2D eigenvalue weighted by molar-refractivity contribution is 0.419. The van der Waals surface area contributed by atoms with Crippen LogP contribution in [0, 0.1) is 13.8 Å². The SMILES string of the molecule is CCC.COc1ccc(-c2cccc(C)c2)c2c1[nH]c1ncc(C)cc12.[HH]. The van der Waals surface area contributed by atoms with Crippen LogP contribution in [0.15, 0.2) is 48.7 Å². The fourth-order valence-electron chi connectivity index (χ4n) is 3.19. The molecule has 0 atom stereocenters. The number of methoxy groups -OCH3 is 1. The minimum absolute atomic E-state index is 0. The Balaban J connectivity index is 0.000000614. The molecule has 0 unspecified atom stereocenters. The minimum Gasteiger partial charge on any atom is -0.495 e. The zero-order valence-electron chi connectivity index (χ0n) is 16.2. The van der Waals surface area contributed by atoms with E-state index in [0.29, 0.717) is 0 Å². The van der Waals surface area contributed by atoms with E-state index in [4.69, 9.17) is 4.74 Å². The molecule has 2 heterocycles. The molecule has 136 valence electrons. The molecule has 0 fully saturated rings. The van der Waals surface area contributed by atoms with E-state index in [1.54, 1.807) is 7.11 Å². The molecule has 0 aliphatic heterocycles. The van der Waals surface area contributed by atoms with Crippen LogP contribution < -0.4 is 4.74 Å². The molecule has 2 aromatic heterocycles. The molecule has 3 nitrogen and oxygen atoms in total. The lowest BCUT2D eigenvalue weighted by Gasteiger charge is -2.08. The van der Waals surface area contributed by atoms with Crippen molar-refractivity contribution < 1.29 is 6.16 Å². The highest BCUT2D eigenvalue weighted by Crippen LogP contribution is 2.38. The molecule has 0 saturated carbocycles. The van der Waals surface area contributed by atoms with Crippen molar-refractivity contribution in [3.8, 4) is 16.9 Å². The zero-order valence-corrected chi connectivity index (χ0v) is 16.2. The Kier molecular flexibility index (Phi) is 5.27. The number of rotatable bonds is 2. The van der Waals surface area contributed by atoms with Crippen molar-refractivity contribution in [2.24, 2.45) is 0 Å². The number of hydrogen-bond donors (Lipinski definition) is 1. The standard InChI is InChI=1S/C20H18N2O.C3H8.H2/c1-12-5-4-6-14(9-12)15-7-8-17(23-3)19-18(15)16-10-13(2)11-21-20(16)22-19;1-3-2;/h4-11H,1-3H3,(H,21,22);3H2,1-2H3;1H. The van der Waals surface area contributed by atoms with Crippen molar-refractivity contribution in [1.29, 1.82) is 0 Å². The molecule has 4 aromatic rings. The Bertz CT molecular complexity index is 1050. The molecule has 4 rings (SSSR count). The molecule has 0 aliphatic carbocycles. The summed E-state index contributed by atoms with van der Waals surface area (Å²) < 4.78 is 5.54. The zero-order chi connectivity index (χ0) is 18.7. The lowest BCUT2D eigenvalue weighted by Crippen LogP contribution is -1.87. The smallest absolute Gasteiger partial charge is 0.143 e. The van der Waals surface area contributed by atoms with Crippen LogP contribution in [-0.2, 0) is 0 Å². The number of aromatic nitrogens is 2. The monoisotopic (exact) mass is 348 g/mol. The van der Waals surface area contributed by atoms with Gasteiger partial charge in [-0.25, -0.2) is 4.98 Å². The van der Waals surface area contributed by atoms with Crippen molar-refractivity contribution in [3.63, 3.8) is 0 Å². The molecule has 26 heavy (non-hydrogen) atoms. The third-order valence-electron chi connectivity index (χ3n) is 4.25. The van der Waals surface area contributed by atoms with Crippen LogP contribution in [-0.4, -0.2) is 17.1 Å². The van der Waals surface area contributed by atoms with Crippen LogP contribution in [0.2, 0.25) is 0 Å².